The summed E-state index contributed by atoms with van der Waals surface area (Å²) in [6.45, 7) is 0. The Balaban J connectivity index is 1.42. The van der Waals surface area contributed by atoms with Crippen molar-refractivity contribution < 1.29 is 29.1 Å². The first-order valence-corrected chi connectivity index (χ1v) is 12.9. The van der Waals surface area contributed by atoms with Gasteiger partial charge in [0.1, 0.15) is 29.9 Å². The van der Waals surface area contributed by atoms with E-state index in [0.717, 1.165) is 16.2 Å². The van der Waals surface area contributed by atoms with Crippen molar-refractivity contribution >= 4 is 74.5 Å². The van der Waals surface area contributed by atoms with Gasteiger partial charge in [-0.2, -0.15) is 4.52 Å². The van der Waals surface area contributed by atoms with Gasteiger partial charge in [0.2, 0.25) is 5.88 Å². The van der Waals surface area contributed by atoms with Gasteiger partial charge in [-0.25, -0.2) is 9.78 Å². The first-order valence-electron chi connectivity index (χ1n) is 10.6. The number of carboxylic acids is 1. The van der Waals surface area contributed by atoms with Crippen LogP contribution in [0.25, 0.3) is 5.65 Å². The molecule has 5 heterocycles. The summed E-state index contributed by atoms with van der Waals surface area (Å²) in [7, 11) is 2.70. The number of rotatable bonds is 8. The summed E-state index contributed by atoms with van der Waals surface area (Å²) >= 11 is 7.92. The number of nitrogens with zero attached hydrogens (tertiary/aromatic N) is 7. The van der Waals surface area contributed by atoms with Crippen LogP contribution in [0.5, 0.6) is 5.88 Å². The third kappa shape index (κ3) is 4.21. The zero-order chi connectivity index (χ0) is 27.1. The van der Waals surface area contributed by atoms with Crippen molar-refractivity contribution in [2.45, 2.75) is 11.4 Å². The number of amides is 2. The third-order valence-electron chi connectivity index (χ3n) is 5.54. The van der Waals surface area contributed by atoms with Crippen molar-refractivity contribution in [3.63, 3.8) is 0 Å². The maximum atomic E-state index is 13.1. The summed E-state index contributed by atoms with van der Waals surface area (Å²) in [6, 6.07) is 2.20. The fourth-order valence-corrected chi connectivity index (χ4v) is 6.14. The summed E-state index contributed by atoms with van der Waals surface area (Å²) in [5.74, 6) is -2.18. The Kier molecular flexibility index (Phi) is 6.67. The predicted molar refractivity (Wildman–Crippen MR) is 139 cm³/mol. The number of ether oxygens (including phenoxy) is 1. The second kappa shape index (κ2) is 9.95. The van der Waals surface area contributed by atoms with Crippen LogP contribution >= 0.6 is 35.3 Å². The van der Waals surface area contributed by atoms with Gasteiger partial charge < -0.3 is 25.7 Å². The number of thiocarbonyl (C=S) groups is 1. The monoisotopic (exact) mass is 575 g/mol. The summed E-state index contributed by atoms with van der Waals surface area (Å²) in [4.78, 5) is 48.3. The number of oxime groups is 1. The van der Waals surface area contributed by atoms with Crippen LogP contribution in [0.2, 0.25) is 0 Å². The van der Waals surface area contributed by atoms with Crippen LogP contribution < -0.4 is 15.8 Å². The molecule has 0 aromatic carbocycles. The van der Waals surface area contributed by atoms with Gasteiger partial charge in [0.15, 0.2) is 22.3 Å². The normalized spacial score (nSPS) is 19.2. The number of hydrogen-bond donors (Lipinski definition) is 3. The standard InChI is InChI=1S/C20H17N9O6S3/c1-34-10-4-3-9-24-25-15(29(9)26-10)14(36)7-5-37-18-12(17(31)28(18)13(7)19(32)33)23-16(30)11(27-35-2)8-6-38-20(21)22-8/h3-4,6,12,18H,5H2,1-2H3,(H2,21,22)(H,23,30)(H,32,33)/b27-11-/t12-,18+/m1/s1. The average molecular weight is 576 g/mol. The molecular weight excluding hydrogens is 558 g/mol. The number of nitrogens with two attached hydrogens (primary N) is 1. The molecular formula is C20H17N9O6S3. The number of carboxylic acid groups (broad SMARTS) is 1. The van der Waals surface area contributed by atoms with E-state index in [1.54, 1.807) is 12.1 Å². The number of methoxy groups -OCH3 is 1. The molecule has 0 bridgehead atoms. The fourth-order valence-electron chi connectivity index (χ4n) is 3.85. The number of aliphatic carboxylic acids is 1. The van der Waals surface area contributed by atoms with Crippen LogP contribution in [0.3, 0.4) is 0 Å². The van der Waals surface area contributed by atoms with Crippen LogP contribution in [0.1, 0.15) is 11.5 Å². The Morgan fingerprint density at radius 2 is 2.11 bits per heavy atom. The van der Waals surface area contributed by atoms with E-state index in [1.807, 2.05) is 0 Å². The highest BCUT2D eigenvalue weighted by atomic mass is 32.2. The van der Waals surface area contributed by atoms with Crippen LogP contribution in [0.15, 0.2) is 33.9 Å². The summed E-state index contributed by atoms with van der Waals surface area (Å²) < 4.78 is 6.48. The second-order valence-corrected chi connectivity index (χ2v) is 10.1. The Bertz CT molecular complexity index is 1560. The van der Waals surface area contributed by atoms with E-state index >= 15 is 0 Å². The highest BCUT2D eigenvalue weighted by Crippen LogP contribution is 2.41. The smallest absolute Gasteiger partial charge is 0.353 e. The van der Waals surface area contributed by atoms with Crippen molar-refractivity contribution in [1.82, 2.24) is 35.0 Å². The van der Waals surface area contributed by atoms with Crippen molar-refractivity contribution in [1.29, 1.82) is 0 Å². The zero-order valence-electron chi connectivity index (χ0n) is 19.5. The number of carbonyl (C=O) groups excluding carboxylic acids is 2. The average Bonchev–Trinajstić information content (AvgIpc) is 3.54. The van der Waals surface area contributed by atoms with Gasteiger partial charge >= 0.3 is 5.97 Å². The van der Waals surface area contributed by atoms with Crippen molar-refractivity contribution in [2.24, 2.45) is 5.16 Å². The fraction of sp³-hybridized carbons (Fsp3) is 0.250. The highest BCUT2D eigenvalue weighted by molar-refractivity contribution is 8.00. The van der Waals surface area contributed by atoms with Gasteiger partial charge in [-0.3, -0.25) is 14.5 Å². The van der Waals surface area contributed by atoms with E-state index in [1.165, 1.54) is 35.9 Å². The lowest BCUT2D eigenvalue weighted by molar-refractivity contribution is -0.150. The van der Waals surface area contributed by atoms with Crippen LogP contribution in [-0.4, -0.2) is 94.5 Å². The molecule has 0 spiro atoms. The lowest BCUT2D eigenvalue weighted by Gasteiger charge is -2.49. The minimum Gasteiger partial charge on any atom is -0.480 e. The SMILES string of the molecule is CO/N=C(\C(=O)N[C@@H]1C(=O)N2C(C(=O)O)=C(C(=S)c3nnc4ccc(OC)nn34)CS[C@@H]12)c1csc(N)n1. The molecule has 5 rings (SSSR count). The number of aromatic nitrogens is 5. The maximum absolute atomic E-state index is 13.1. The number of anilines is 1. The summed E-state index contributed by atoms with van der Waals surface area (Å²) in [5.41, 5.74) is 5.92. The number of thiazole rings is 1. The first kappa shape index (κ1) is 25.5. The topological polar surface area (TPSA) is 200 Å². The number of nitrogen functional groups attached to an aromatic ring is 1. The molecule has 0 radical (unpaired) electrons. The molecule has 1 saturated heterocycles. The van der Waals surface area contributed by atoms with E-state index in [-0.39, 0.29) is 50.1 Å². The Morgan fingerprint density at radius 1 is 1.32 bits per heavy atom. The largest absolute Gasteiger partial charge is 0.480 e. The summed E-state index contributed by atoms with van der Waals surface area (Å²) in [6.07, 6.45) is 0. The van der Waals surface area contributed by atoms with Crippen LogP contribution in [0.4, 0.5) is 5.13 Å². The molecule has 4 N–H and O–H groups in total. The lowest BCUT2D eigenvalue weighted by atomic mass is 10.0. The van der Waals surface area contributed by atoms with E-state index in [9.17, 15) is 19.5 Å². The molecule has 38 heavy (non-hydrogen) atoms. The van der Waals surface area contributed by atoms with Gasteiger partial charge in [-0.05, 0) is 6.07 Å². The second-order valence-electron chi connectivity index (χ2n) is 7.69. The molecule has 2 amide bonds. The minimum absolute atomic E-state index is 0.0672. The zero-order valence-corrected chi connectivity index (χ0v) is 22.0. The molecule has 2 atom stereocenters. The molecule has 0 saturated carbocycles. The van der Waals surface area contributed by atoms with Gasteiger partial charge in [0, 0.05) is 22.8 Å². The molecule has 2 aliphatic rings. The Hall–Kier alpha value is -4.16. The Morgan fingerprint density at radius 3 is 2.76 bits per heavy atom. The van der Waals surface area contributed by atoms with E-state index in [0.29, 0.717) is 5.65 Å². The van der Waals surface area contributed by atoms with E-state index in [2.05, 4.69) is 30.8 Å². The van der Waals surface area contributed by atoms with Crippen LogP contribution in [-0.2, 0) is 19.2 Å². The van der Waals surface area contributed by atoms with Gasteiger partial charge in [0.05, 0.1) is 12.0 Å². The number of thioether (sulfide) groups is 1. The molecule has 15 nitrogen and oxygen atoms in total. The maximum Gasteiger partial charge on any atom is 0.353 e. The highest BCUT2D eigenvalue weighted by Gasteiger charge is 2.55. The summed E-state index contributed by atoms with van der Waals surface area (Å²) in [5, 5.41) is 29.7. The molecule has 1 fully saturated rings. The quantitative estimate of drug-likeness (QED) is 0.104. The molecule has 3 aromatic rings. The van der Waals surface area contributed by atoms with Crippen molar-refractivity contribution in [3.8, 4) is 5.88 Å². The van der Waals surface area contributed by atoms with Crippen molar-refractivity contribution in [3.05, 3.63) is 40.3 Å². The predicted octanol–water partition coefficient (Wildman–Crippen LogP) is -0.321. The number of fused-ring (bicyclic) bond motifs is 2. The molecule has 0 unspecified atom stereocenters. The number of hydrogen-bond acceptors (Lipinski definition) is 14. The number of β-lactam (4-membered cyclic amide) rings is 1. The van der Waals surface area contributed by atoms with Gasteiger partial charge in [-0.1, -0.05) is 17.4 Å². The van der Waals surface area contributed by atoms with E-state index < -0.39 is 29.2 Å². The molecule has 0 aliphatic carbocycles. The van der Waals surface area contributed by atoms with E-state index in [4.69, 9.17) is 27.5 Å². The number of carbonyl (C=O) groups is 3. The number of nitrogens with one attached hydrogen (secondary N) is 1. The van der Waals surface area contributed by atoms with Crippen molar-refractivity contribution in [2.75, 3.05) is 25.7 Å². The third-order valence-corrected chi connectivity index (χ3v) is 7.93. The first-order chi connectivity index (χ1) is 18.2. The molecule has 18 heteroatoms. The molecule has 3 aromatic heterocycles. The van der Waals surface area contributed by atoms with Gasteiger partial charge in [0.25, 0.3) is 11.8 Å². The lowest BCUT2D eigenvalue weighted by Crippen LogP contribution is -2.71. The molecule has 2 aliphatic heterocycles. The van der Waals surface area contributed by atoms with Gasteiger partial charge in [-0.15, -0.1) is 38.4 Å². The molecule has 196 valence electrons. The minimum atomic E-state index is -1.36. The van der Waals surface area contributed by atoms with Crippen LogP contribution in [0, 0.1) is 0 Å². The Labute approximate surface area is 226 Å².